The van der Waals surface area contributed by atoms with E-state index < -0.39 is 11.4 Å². The van der Waals surface area contributed by atoms with Crippen LogP contribution in [0, 0.1) is 11.3 Å². The molecule has 1 aliphatic rings. The molecule has 0 saturated carbocycles. The normalized spacial score (nSPS) is 22.4. The number of methoxy groups -OCH3 is 1. The molecule has 0 radical (unpaired) electrons. The molecule has 0 aromatic carbocycles. The van der Waals surface area contributed by atoms with Crippen molar-refractivity contribution in [1.29, 1.82) is 0 Å². The third kappa shape index (κ3) is 6.90. The van der Waals surface area contributed by atoms with Gasteiger partial charge in [0.15, 0.2) is 0 Å². The van der Waals surface area contributed by atoms with Gasteiger partial charge in [0.2, 0.25) is 0 Å². The summed E-state index contributed by atoms with van der Waals surface area (Å²) < 4.78 is 5.26. The van der Waals surface area contributed by atoms with Crippen molar-refractivity contribution in [3.05, 3.63) is 23.8 Å². The Balaban J connectivity index is 2.75. The molecule has 3 nitrogen and oxygen atoms in total. The van der Waals surface area contributed by atoms with Crippen molar-refractivity contribution in [2.75, 3.05) is 13.7 Å². The van der Waals surface area contributed by atoms with Gasteiger partial charge >= 0.3 is 5.97 Å². The van der Waals surface area contributed by atoms with E-state index in [0.29, 0.717) is 6.61 Å². The molecule has 2 unspecified atom stereocenters. The maximum absolute atomic E-state index is 12.4. The molecule has 0 aliphatic heterocycles. The third-order valence-corrected chi connectivity index (χ3v) is 5.81. The van der Waals surface area contributed by atoms with Crippen molar-refractivity contribution >= 4 is 5.97 Å². The predicted octanol–water partition coefficient (Wildman–Crippen LogP) is 6.54. The Labute approximate surface area is 160 Å². The van der Waals surface area contributed by atoms with Gasteiger partial charge in [0.05, 0.1) is 5.41 Å². The van der Waals surface area contributed by atoms with Gasteiger partial charge in [0.25, 0.3) is 0 Å². The molecule has 1 N–H and O–H groups in total. The van der Waals surface area contributed by atoms with E-state index in [-0.39, 0.29) is 5.92 Å². The fourth-order valence-electron chi connectivity index (χ4n) is 4.19. The minimum Gasteiger partial charge on any atom is -0.481 e. The summed E-state index contributed by atoms with van der Waals surface area (Å²) >= 11 is 0. The number of carboxylic acid groups (broad SMARTS) is 1. The van der Waals surface area contributed by atoms with Gasteiger partial charge < -0.3 is 9.84 Å². The smallest absolute Gasteiger partial charge is 0.314 e. The Bertz CT molecular complexity index is 452. The number of rotatable bonds is 15. The van der Waals surface area contributed by atoms with Gasteiger partial charge in [-0.05, 0) is 25.2 Å². The van der Waals surface area contributed by atoms with Gasteiger partial charge in [-0.3, -0.25) is 4.79 Å². The highest BCUT2D eigenvalue weighted by Crippen LogP contribution is 2.46. The average molecular weight is 365 g/mol. The van der Waals surface area contributed by atoms with Crippen LogP contribution in [0.15, 0.2) is 23.8 Å². The summed E-state index contributed by atoms with van der Waals surface area (Å²) in [5.41, 5.74) is 0.532. The van der Waals surface area contributed by atoms with Crippen LogP contribution in [-0.2, 0) is 9.53 Å². The number of hydrogen-bond acceptors (Lipinski definition) is 2. The summed E-state index contributed by atoms with van der Waals surface area (Å²) in [7, 11) is 1.71. The summed E-state index contributed by atoms with van der Waals surface area (Å²) in [6, 6.07) is 0. The molecule has 0 bridgehead atoms. The van der Waals surface area contributed by atoms with Crippen LogP contribution >= 0.6 is 0 Å². The Morgan fingerprint density at radius 2 is 1.73 bits per heavy atom. The molecule has 0 saturated heterocycles. The third-order valence-electron chi connectivity index (χ3n) is 5.81. The molecule has 1 aliphatic carbocycles. The summed E-state index contributed by atoms with van der Waals surface area (Å²) in [4.78, 5) is 12.4. The molecule has 150 valence electrons. The average Bonchev–Trinajstić information content (AvgIpc) is 2.64. The monoisotopic (exact) mass is 364 g/mol. The Hall–Kier alpha value is -1.09. The van der Waals surface area contributed by atoms with E-state index in [1.165, 1.54) is 37.7 Å². The van der Waals surface area contributed by atoms with Gasteiger partial charge in [-0.1, -0.05) is 95.4 Å². The molecular weight excluding hydrogens is 324 g/mol. The first-order valence-electron chi connectivity index (χ1n) is 10.7. The van der Waals surface area contributed by atoms with Gasteiger partial charge in [-0.15, -0.1) is 0 Å². The van der Waals surface area contributed by atoms with Crippen LogP contribution in [0.25, 0.3) is 0 Å². The van der Waals surface area contributed by atoms with E-state index in [1.807, 2.05) is 12.2 Å². The van der Waals surface area contributed by atoms with Crippen LogP contribution in [0.3, 0.4) is 0 Å². The minimum atomic E-state index is -0.726. The van der Waals surface area contributed by atoms with Crippen molar-refractivity contribution in [3.8, 4) is 0 Å². The molecule has 0 aromatic heterocycles. The maximum Gasteiger partial charge on any atom is 0.314 e. The zero-order valence-corrected chi connectivity index (χ0v) is 17.3. The molecule has 0 amide bonds. The second-order valence-corrected chi connectivity index (χ2v) is 7.76. The van der Waals surface area contributed by atoms with Gasteiger partial charge in [-0.2, -0.15) is 0 Å². The molecule has 2 atom stereocenters. The molecule has 0 fully saturated rings. The molecule has 1 rings (SSSR count). The van der Waals surface area contributed by atoms with E-state index in [4.69, 9.17) is 4.74 Å². The van der Waals surface area contributed by atoms with Crippen molar-refractivity contribution in [1.82, 2.24) is 0 Å². The number of allylic oxidation sites excluding steroid dienone is 2. The zero-order chi connectivity index (χ0) is 19.3. The van der Waals surface area contributed by atoms with E-state index in [1.54, 1.807) is 7.11 Å². The van der Waals surface area contributed by atoms with E-state index >= 15 is 0 Å². The summed E-state index contributed by atoms with van der Waals surface area (Å²) in [6.45, 7) is 5.07. The lowest BCUT2D eigenvalue weighted by molar-refractivity contribution is -0.149. The minimum absolute atomic E-state index is 0.111. The van der Waals surface area contributed by atoms with Gasteiger partial charge in [0.1, 0.15) is 0 Å². The quantitative estimate of drug-likeness (QED) is 0.336. The fourth-order valence-corrected chi connectivity index (χ4v) is 4.19. The standard InChI is InChI=1S/C23H40O3/c1-4-6-8-9-10-11-12-17-23(22(24)25)18-13-14-20(16-19-26-3)21(23)15-7-5-2/h13-14,18,21H,4-12,15-17,19H2,1-3H3,(H,24,25). The van der Waals surface area contributed by atoms with Gasteiger partial charge in [-0.25, -0.2) is 0 Å². The van der Waals surface area contributed by atoms with Crippen LogP contribution in [-0.4, -0.2) is 24.8 Å². The van der Waals surface area contributed by atoms with E-state index in [2.05, 4.69) is 19.9 Å². The van der Waals surface area contributed by atoms with Crippen molar-refractivity contribution in [2.24, 2.45) is 11.3 Å². The van der Waals surface area contributed by atoms with Crippen LogP contribution in [0.2, 0.25) is 0 Å². The first kappa shape index (κ1) is 23.0. The Kier molecular flexibility index (Phi) is 11.6. The fraction of sp³-hybridized carbons (Fsp3) is 0.783. The largest absolute Gasteiger partial charge is 0.481 e. The topological polar surface area (TPSA) is 46.5 Å². The van der Waals surface area contributed by atoms with Crippen molar-refractivity contribution < 1.29 is 14.6 Å². The maximum atomic E-state index is 12.4. The lowest BCUT2D eigenvalue weighted by Crippen LogP contribution is -2.39. The zero-order valence-electron chi connectivity index (χ0n) is 17.3. The second kappa shape index (κ2) is 13.1. The first-order chi connectivity index (χ1) is 12.6. The summed E-state index contributed by atoms with van der Waals surface area (Å²) in [6.07, 6.45) is 19.4. The second-order valence-electron chi connectivity index (χ2n) is 7.76. The van der Waals surface area contributed by atoms with E-state index in [9.17, 15) is 9.90 Å². The van der Waals surface area contributed by atoms with Crippen molar-refractivity contribution in [3.63, 3.8) is 0 Å². The molecule has 0 spiro atoms. The van der Waals surface area contributed by atoms with Crippen LogP contribution < -0.4 is 0 Å². The molecule has 0 heterocycles. The Morgan fingerprint density at radius 1 is 1.08 bits per heavy atom. The summed E-state index contributed by atoms with van der Waals surface area (Å²) in [5, 5.41) is 10.2. The molecular formula is C23H40O3. The lowest BCUT2D eigenvalue weighted by atomic mass is 9.64. The number of carboxylic acids is 1. The van der Waals surface area contributed by atoms with E-state index in [0.717, 1.165) is 44.9 Å². The number of ether oxygens (including phenoxy) is 1. The SMILES string of the molecule is CCCCCCCCCC1(C(=O)O)C=CC=C(CCOC)C1CCCC. The molecule has 0 aromatic rings. The predicted molar refractivity (Wildman–Crippen MR) is 109 cm³/mol. The first-order valence-corrected chi connectivity index (χ1v) is 10.7. The van der Waals surface area contributed by atoms with Crippen LogP contribution in [0.4, 0.5) is 0 Å². The van der Waals surface area contributed by atoms with Gasteiger partial charge in [0, 0.05) is 13.7 Å². The van der Waals surface area contributed by atoms with Crippen LogP contribution in [0.1, 0.15) is 90.9 Å². The highest BCUT2D eigenvalue weighted by atomic mass is 16.5. The Morgan fingerprint density at radius 3 is 2.35 bits per heavy atom. The number of unbranched alkanes of at least 4 members (excludes halogenated alkanes) is 7. The number of hydrogen-bond donors (Lipinski definition) is 1. The van der Waals surface area contributed by atoms with Crippen LogP contribution in [0.5, 0.6) is 0 Å². The number of aliphatic carboxylic acids is 1. The summed E-state index contributed by atoms with van der Waals surface area (Å²) in [5.74, 6) is -0.538. The molecule has 3 heteroatoms. The molecule has 26 heavy (non-hydrogen) atoms. The van der Waals surface area contributed by atoms with Crippen molar-refractivity contribution in [2.45, 2.75) is 90.9 Å². The number of carbonyl (C=O) groups is 1. The lowest BCUT2D eigenvalue weighted by Gasteiger charge is -2.39. The highest BCUT2D eigenvalue weighted by molar-refractivity contribution is 5.79. The highest BCUT2D eigenvalue weighted by Gasteiger charge is 2.45.